The summed E-state index contributed by atoms with van der Waals surface area (Å²) in [5.74, 6) is 0.975. The number of hydrogen-bond donors (Lipinski definition) is 1. The first-order chi connectivity index (χ1) is 22.8. The average molecular weight is 681 g/mol. The highest BCUT2D eigenvalue weighted by Crippen LogP contribution is 2.38. The number of non-ortho nitro benzene ring substituents is 2. The van der Waals surface area contributed by atoms with Gasteiger partial charge in [-0.15, -0.1) is 0 Å². The van der Waals surface area contributed by atoms with Gasteiger partial charge in [0, 0.05) is 60.5 Å². The molecule has 260 valence electrons. The molecule has 0 amide bonds. The second-order valence-electron chi connectivity index (χ2n) is 12.3. The molecule has 0 radical (unpaired) electrons. The first-order valence-corrected chi connectivity index (χ1v) is 19.9. The van der Waals surface area contributed by atoms with Crippen molar-refractivity contribution in [1.82, 2.24) is 20.0 Å². The quantitative estimate of drug-likeness (QED) is 0.0567. The Kier molecular flexibility index (Phi) is 13.4. The number of nitrogens with zero attached hydrogens (tertiary/aromatic N) is 5. The van der Waals surface area contributed by atoms with Crippen molar-refractivity contribution in [3.8, 4) is 33.8 Å². The zero-order valence-corrected chi connectivity index (χ0v) is 30.5. The predicted molar refractivity (Wildman–Crippen MR) is 190 cm³/mol. The van der Waals surface area contributed by atoms with Crippen LogP contribution in [-0.4, -0.2) is 58.7 Å². The van der Waals surface area contributed by atoms with Gasteiger partial charge < -0.3 is 14.2 Å². The van der Waals surface area contributed by atoms with Gasteiger partial charge in [-0.1, -0.05) is 47.3 Å². The third-order valence-electron chi connectivity index (χ3n) is 7.95. The Morgan fingerprint density at radius 2 is 1.33 bits per heavy atom. The number of hydrogen-bond acceptors (Lipinski definition) is 9. The Balaban J connectivity index is 0.000000275. The summed E-state index contributed by atoms with van der Waals surface area (Å²) < 4.78 is 18.6. The fourth-order valence-corrected chi connectivity index (χ4v) is 6.11. The molecule has 2 aromatic heterocycles. The number of aryl methyl sites for hydroxylation is 3. The van der Waals surface area contributed by atoms with Crippen molar-refractivity contribution in [1.29, 1.82) is 0 Å². The van der Waals surface area contributed by atoms with E-state index in [9.17, 15) is 20.2 Å². The highest BCUT2D eigenvalue weighted by atomic mass is 28.3. The van der Waals surface area contributed by atoms with E-state index in [4.69, 9.17) is 19.3 Å². The zero-order valence-electron chi connectivity index (χ0n) is 29.5. The van der Waals surface area contributed by atoms with E-state index in [1.165, 1.54) is 38.5 Å². The second-order valence-corrected chi connectivity index (χ2v) is 18.0. The van der Waals surface area contributed by atoms with Crippen LogP contribution in [0, 0.1) is 20.2 Å². The van der Waals surface area contributed by atoms with Crippen molar-refractivity contribution in [2.45, 2.75) is 85.8 Å². The first kappa shape index (κ1) is 37.9. The molecule has 4 aromatic rings. The van der Waals surface area contributed by atoms with Crippen LogP contribution >= 0.6 is 0 Å². The van der Waals surface area contributed by atoms with Gasteiger partial charge in [0.1, 0.15) is 18.2 Å². The van der Waals surface area contributed by atoms with E-state index in [-0.39, 0.29) is 11.4 Å². The molecule has 1 N–H and O–H groups in total. The number of nitro benzene ring substituents is 2. The summed E-state index contributed by atoms with van der Waals surface area (Å²) in [6.07, 6.45) is 3.12. The van der Waals surface area contributed by atoms with Gasteiger partial charge in [0.15, 0.2) is 0 Å². The molecular formula is C34H48N6O7Si. The van der Waals surface area contributed by atoms with E-state index >= 15 is 0 Å². The van der Waals surface area contributed by atoms with Crippen LogP contribution in [0.2, 0.25) is 25.7 Å². The normalized spacial score (nSPS) is 11.2. The lowest BCUT2D eigenvalue weighted by atomic mass is 9.99. The molecular weight excluding hydrogens is 632 g/mol. The smallest absolute Gasteiger partial charge is 0.273 e. The summed E-state index contributed by atoms with van der Waals surface area (Å²) in [4.78, 5) is 21.1. The van der Waals surface area contributed by atoms with Gasteiger partial charge in [-0.3, -0.25) is 25.3 Å². The number of H-pyrrole nitrogens is 1. The molecule has 2 aromatic carbocycles. The minimum atomic E-state index is -1.14. The van der Waals surface area contributed by atoms with Crippen molar-refractivity contribution in [3.05, 3.63) is 79.4 Å². The van der Waals surface area contributed by atoms with Crippen LogP contribution in [0.15, 0.2) is 36.4 Å². The molecule has 14 heteroatoms. The van der Waals surface area contributed by atoms with E-state index in [0.717, 1.165) is 83.4 Å². The number of methoxy groups -OCH3 is 2. The molecule has 0 spiro atoms. The molecule has 48 heavy (non-hydrogen) atoms. The standard InChI is InChI=1S/C20H31N3O4Si.C14H17N3O3/c1-7-17-20(16-10-9-15(23(24)25)13-19(16)26-3)18(8-2)22(21-17)14-27-11-12-28(4,5)6;1-4-11-14(12(5-2)16-15-11)10-7-6-9(17(18)19)8-13(10)20-3/h9-10,13H,7-8,11-12,14H2,1-6H3;6-8H,4-5H2,1-3H3,(H,15,16). The van der Waals surface area contributed by atoms with Gasteiger partial charge in [-0.25, -0.2) is 4.68 Å². The van der Waals surface area contributed by atoms with Gasteiger partial charge in [-0.05, 0) is 43.9 Å². The fraction of sp³-hybridized carbons (Fsp3) is 0.471. The summed E-state index contributed by atoms with van der Waals surface area (Å²) in [6, 6.07) is 10.5. The van der Waals surface area contributed by atoms with Gasteiger partial charge >= 0.3 is 0 Å². The average Bonchev–Trinajstić information content (AvgIpc) is 3.66. The Morgan fingerprint density at radius 3 is 1.77 bits per heavy atom. The number of ether oxygens (including phenoxy) is 3. The predicted octanol–water partition coefficient (Wildman–Crippen LogP) is 8.02. The summed E-state index contributed by atoms with van der Waals surface area (Å²) in [5, 5.41) is 34.0. The number of nitrogens with one attached hydrogen (secondary N) is 1. The molecule has 0 aliphatic carbocycles. The maximum absolute atomic E-state index is 11.1. The van der Waals surface area contributed by atoms with Gasteiger partial charge in [0.25, 0.3) is 11.4 Å². The molecule has 13 nitrogen and oxygen atoms in total. The van der Waals surface area contributed by atoms with Crippen LogP contribution in [0.3, 0.4) is 0 Å². The van der Waals surface area contributed by atoms with Crippen LogP contribution in [0.25, 0.3) is 22.3 Å². The largest absolute Gasteiger partial charge is 0.496 e. The van der Waals surface area contributed by atoms with Crippen LogP contribution in [0.5, 0.6) is 11.5 Å². The molecule has 0 unspecified atom stereocenters. The fourth-order valence-electron chi connectivity index (χ4n) is 5.36. The Bertz CT molecular complexity index is 1690. The SMILES string of the molecule is CCc1n[nH]c(CC)c1-c1ccc([N+](=O)[O-])cc1OC.CCc1nn(COCC[Si](C)(C)C)c(CC)c1-c1ccc([N+](=O)[O-])cc1OC. The van der Waals surface area contributed by atoms with E-state index in [2.05, 4.69) is 43.7 Å². The van der Waals surface area contributed by atoms with E-state index in [1.807, 2.05) is 18.5 Å². The molecule has 0 aliphatic rings. The number of benzene rings is 2. The van der Waals surface area contributed by atoms with Gasteiger partial charge in [-0.2, -0.15) is 10.2 Å². The summed E-state index contributed by atoms with van der Waals surface area (Å²) >= 11 is 0. The Morgan fingerprint density at radius 1 is 0.792 bits per heavy atom. The molecule has 0 aliphatic heterocycles. The van der Waals surface area contributed by atoms with Crippen LogP contribution < -0.4 is 9.47 Å². The number of aromatic nitrogens is 4. The first-order valence-electron chi connectivity index (χ1n) is 16.2. The van der Waals surface area contributed by atoms with Crippen LogP contribution in [0.4, 0.5) is 11.4 Å². The van der Waals surface area contributed by atoms with E-state index in [1.54, 1.807) is 12.1 Å². The molecule has 0 bridgehead atoms. The van der Waals surface area contributed by atoms with E-state index in [0.29, 0.717) is 18.2 Å². The monoisotopic (exact) mass is 680 g/mol. The molecule has 2 heterocycles. The molecule has 0 fully saturated rings. The topological polar surface area (TPSA) is 160 Å². The summed E-state index contributed by atoms with van der Waals surface area (Å²) in [6.45, 7) is 16.3. The minimum Gasteiger partial charge on any atom is -0.496 e. The lowest BCUT2D eigenvalue weighted by Crippen LogP contribution is -2.22. The zero-order chi connectivity index (χ0) is 35.6. The van der Waals surface area contributed by atoms with E-state index < -0.39 is 17.9 Å². The summed E-state index contributed by atoms with van der Waals surface area (Å²) in [5.41, 5.74) is 7.62. The molecule has 4 rings (SSSR count). The Hall–Kier alpha value is -4.56. The Labute approximate surface area is 282 Å². The van der Waals surface area contributed by atoms with Crippen molar-refractivity contribution in [2.75, 3.05) is 20.8 Å². The van der Waals surface area contributed by atoms with Crippen molar-refractivity contribution in [2.24, 2.45) is 0 Å². The maximum Gasteiger partial charge on any atom is 0.273 e. The maximum atomic E-state index is 11.1. The minimum absolute atomic E-state index is 0.0127. The highest BCUT2D eigenvalue weighted by Gasteiger charge is 2.23. The lowest BCUT2D eigenvalue weighted by Gasteiger charge is -2.16. The molecule has 0 saturated carbocycles. The van der Waals surface area contributed by atoms with Gasteiger partial charge in [0.05, 0.1) is 47.6 Å². The third kappa shape index (κ3) is 9.07. The molecule has 0 atom stereocenters. The number of aromatic amines is 1. The summed E-state index contributed by atoms with van der Waals surface area (Å²) in [7, 11) is 1.91. The third-order valence-corrected chi connectivity index (χ3v) is 9.65. The number of rotatable bonds is 15. The van der Waals surface area contributed by atoms with Gasteiger partial charge in [0.2, 0.25) is 0 Å². The van der Waals surface area contributed by atoms with Crippen LogP contribution in [-0.2, 0) is 37.2 Å². The van der Waals surface area contributed by atoms with Crippen molar-refractivity contribution in [3.63, 3.8) is 0 Å². The van der Waals surface area contributed by atoms with Crippen molar-refractivity contribution >= 4 is 19.4 Å². The lowest BCUT2D eigenvalue weighted by molar-refractivity contribution is -0.385. The highest BCUT2D eigenvalue weighted by molar-refractivity contribution is 6.76. The second kappa shape index (κ2) is 17.0. The molecule has 0 saturated heterocycles. The van der Waals surface area contributed by atoms with Crippen LogP contribution in [0.1, 0.15) is 50.5 Å². The van der Waals surface area contributed by atoms with Crippen molar-refractivity contribution < 1.29 is 24.1 Å². The number of nitro groups is 2.